The number of piperazine rings is 1. The van der Waals surface area contributed by atoms with E-state index in [9.17, 15) is 0 Å². The van der Waals surface area contributed by atoms with Crippen molar-refractivity contribution in [3.8, 4) is 5.75 Å². The molecule has 0 aromatic heterocycles. The number of guanidine groups is 1. The highest BCUT2D eigenvalue weighted by Crippen LogP contribution is 2.21. The van der Waals surface area contributed by atoms with Crippen LogP contribution in [0.4, 0.5) is 0 Å². The zero-order valence-electron chi connectivity index (χ0n) is 20.7. The smallest absolute Gasteiger partial charge is 0.191 e. The predicted octanol–water partition coefficient (Wildman–Crippen LogP) is 3.11. The fourth-order valence-corrected chi connectivity index (χ4v) is 3.71. The molecule has 1 heterocycles. The Morgan fingerprint density at radius 1 is 1.12 bits per heavy atom. The number of likely N-dealkylation sites (N-methyl/N-ethyl adjacent to an activating group) is 1. The third-order valence-corrected chi connectivity index (χ3v) is 5.77. The second-order valence-electron chi connectivity index (χ2n) is 8.20. The number of ether oxygens (including phenoxy) is 2. The zero-order chi connectivity index (χ0) is 22.5. The second kappa shape index (κ2) is 16.5. The van der Waals surface area contributed by atoms with Gasteiger partial charge in [-0.15, -0.1) is 24.0 Å². The van der Waals surface area contributed by atoms with E-state index in [0.29, 0.717) is 25.8 Å². The van der Waals surface area contributed by atoms with E-state index >= 15 is 0 Å². The SMILES string of the molecule is CCNC(=NCc1ccc(C)cc1OCCCOC)NCC(C)N1CCN(CC)CC1.I. The van der Waals surface area contributed by atoms with Gasteiger partial charge in [0.25, 0.3) is 0 Å². The third kappa shape index (κ3) is 10.2. The Labute approximate surface area is 212 Å². The Balaban J connectivity index is 0.00000512. The topological polar surface area (TPSA) is 61.4 Å². The molecule has 0 bridgehead atoms. The Hall–Kier alpha value is -1.10. The van der Waals surface area contributed by atoms with Gasteiger partial charge in [-0.05, 0) is 38.9 Å². The first-order chi connectivity index (χ1) is 15.1. The number of nitrogens with one attached hydrogen (secondary N) is 2. The number of methoxy groups -OCH3 is 1. The third-order valence-electron chi connectivity index (χ3n) is 5.77. The normalized spacial score (nSPS) is 16.3. The summed E-state index contributed by atoms with van der Waals surface area (Å²) in [5.74, 6) is 1.77. The highest BCUT2D eigenvalue weighted by Gasteiger charge is 2.20. The molecular weight excluding hydrogens is 517 g/mol. The molecular formula is C24H44IN5O2. The molecule has 1 fully saturated rings. The van der Waals surface area contributed by atoms with Gasteiger partial charge in [-0.1, -0.05) is 19.1 Å². The number of benzene rings is 1. The summed E-state index contributed by atoms with van der Waals surface area (Å²) in [5.41, 5.74) is 2.29. The lowest BCUT2D eigenvalue weighted by atomic mass is 10.1. The zero-order valence-corrected chi connectivity index (χ0v) is 23.0. The minimum absolute atomic E-state index is 0. The van der Waals surface area contributed by atoms with E-state index in [1.165, 1.54) is 5.56 Å². The van der Waals surface area contributed by atoms with Crippen LogP contribution in [0.25, 0.3) is 0 Å². The minimum atomic E-state index is 0. The van der Waals surface area contributed by atoms with Gasteiger partial charge >= 0.3 is 0 Å². The fourth-order valence-electron chi connectivity index (χ4n) is 3.71. The Bertz CT molecular complexity index is 666. The fraction of sp³-hybridized carbons (Fsp3) is 0.708. The van der Waals surface area contributed by atoms with Crippen LogP contribution in [0.3, 0.4) is 0 Å². The van der Waals surface area contributed by atoms with Crippen LogP contribution >= 0.6 is 24.0 Å². The largest absolute Gasteiger partial charge is 0.493 e. The van der Waals surface area contributed by atoms with Gasteiger partial charge in [-0.2, -0.15) is 0 Å². The number of nitrogens with zero attached hydrogens (tertiary/aromatic N) is 3. The highest BCUT2D eigenvalue weighted by atomic mass is 127. The van der Waals surface area contributed by atoms with E-state index in [1.54, 1.807) is 7.11 Å². The average molecular weight is 562 g/mol. The van der Waals surface area contributed by atoms with Crippen LogP contribution in [0, 0.1) is 6.92 Å². The number of aliphatic imine (C=N–C) groups is 1. The molecule has 0 aliphatic carbocycles. The number of hydrogen-bond acceptors (Lipinski definition) is 5. The van der Waals surface area contributed by atoms with Gasteiger partial charge in [-0.25, -0.2) is 4.99 Å². The molecule has 0 radical (unpaired) electrons. The minimum Gasteiger partial charge on any atom is -0.493 e. The number of aryl methyl sites for hydroxylation is 1. The van der Waals surface area contributed by atoms with Crippen LogP contribution in [0.5, 0.6) is 5.75 Å². The first-order valence-electron chi connectivity index (χ1n) is 11.8. The molecule has 0 spiro atoms. The molecule has 1 aromatic rings. The van der Waals surface area contributed by atoms with Gasteiger partial charge in [0.1, 0.15) is 5.75 Å². The second-order valence-corrected chi connectivity index (χ2v) is 8.20. The van der Waals surface area contributed by atoms with Crippen molar-refractivity contribution in [3.63, 3.8) is 0 Å². The lowest BCUT2D eigenvalue weighted by molar-refractivity contribution is 0.107. The van der Waals surface area contributed by atoms with Crippen LogP contribution < -0.4 is 15.4 Å². The van der Waals surface area contributed by atoms with Crippen LogP contribution in [0.2, 0.25) is 0 Å². The molecule has 32 heavy (non-hydrogen) atoms. The molecule has 2 rings (SSSR count). The molecule has 1 atom stereocenters. The predicted molar refractivity (Wildman–Crippen MR) is 145 cm³/mol. The van der Waals surface area contributed by atoms with Crippen molar-refractivity contribution in [1.29, 1.82) is 0 Å². The Morgan fingerprint density at radius 3 is 2.53 bits per heavy atom. The summed E-state index contributed by atoms with van der Waals surface area (Å²) < 4.78 is 11.1. The van der Waals surface area contributed by atoms with E-state index in [-0.39, 0.29) is 24.0 Å². The Kier molecular flexibility index (Phi) is 14.9. The van der Waals surface area contributed by atoms with Gasteiger partial charge < -0.3 is 25.0 Å². The molecule has 8 heteroatoms. The summed E-state index contributed by atoms with van der Waals surface area (Å²) in [6.07, 6.45) is 0.877. The first-order valence-corrected chi connectivity index (χ1v) is 11.8. The van der Waals surface area contributed by atoms with E-state index in [2.05, 4.69) is 66.3 Å². The van der Waals surface area contributed by atoms with Crippen molar-refractivity contribution in [2.45, 2.75) is 46.7 Å². The average Bonchev–Trinajstić information content (AvgIpc) is 2.79. The van der Waals surface area contributed by atoms with E-state index in [4.69, 9.17) is 14.5 Å². The standard InChI is InChI=1S/C24H43N5O2.HI/c1-6-25-24(26-18-21(4)29-13-11-28(7-2)12-14-29)27-19-22-10-9-20(3)17-23(22)31-16-8-15-30-5;/h9-10,17,21H,6-8,11-16,18-19H2,1-5H3,(H2,25,26,27);1H. The van der Waals surface area contributed by atoms with Gasteiger partial charge in [0.2, 0.25) is 0 Å². The van der Waals surface area contributed by atoms with Crippen molar-refractivity contribution < 1.29 is 9.47 Å². The van der Waals surface area contributed by atoms with Crippen molar-refractivity contribution in [3.05, 3.63) is 29.3 Å². The summed E-state index contributed by atoms with van der Waals surface area (Å²) in [4.78, 5) is 9.90. The summed E-state index contributed by atoms with van der Waals surface area (Å²) in [6.45, 7) is 18.1. The maximum atomic E-state index is 6.01. The molecule has 1 unspecified atom stereocenters. The van der Waals surface area contributed by atoms with Crippen molar-refractivity contribution in [1.82, 2.24) is 20.4 Å². The molecule has 184 valence electrons. The monoisotopic (exact) mass is 561 g/mol. The van der Waals surface area contributed by atoms with Gasteiger partial charge in [0, 0.05) is 71.0 Å². The van der Waals surface area contributed by atoms with Crippen LogP contribution in [0.15, 0.2) is 23.2 Å². The van der Waals surface area contributed by atoms with Crippen molar-refractivity contribution in [2.24, 2.45) is 4.99 Å². The van der Waals surface area contributed by atoms with Crippen LogP contribution in [-0.2, 0) is 11.3 Å². The molecule has 2 N–H and O–H groups in total. The molecule has 0 saturated carbocycles. The number of rotatable bonds is 12. The molecule has 0 amide bonds. The Morgan fingerprint density at radius 2 is 1.88 bits per heavy atom. The molecule has 1 aliphatic heterocycles. The van der Waals surface area contributed by atoms with Crippen molar-refractivity contribution in [2.75, 3.05) is 66.1 Å². The van der Waals surface area contributed by atoms with Crippen molar-refractivity contribution >= 4 is 29.9 Å². The van der Waals surface area contributed by atoms with E-state index in [1.807, 2.05) is 0 Å². The van der Waals surface area contributed by atoms with Gasteiger partial charge in [0.05, 0.1) is 13.2 Å². The van der Waals surface area contributed by atoms with E-state index in [0.717, 1.165) is 69.5 Å². The molecule has 1 saturated heterocycles. The highest BCUT2D eigenvalue weighted by molar-refractivity contribution is 14.0. The summed E-state index contributed by atoms with van der Waals surface area (Å²) in [5, 5.41) is 6.90. The number of halogens is 1. The van der Waals surface area contributed by atoms with Gasteiger partial charge in [-0.3, -0.25) is 4.90 Å². The maximum absolute atomic E-state index is 6.01. The molecule has 1 aliphatic rings. The van der Waals surface area contributed by atoms with E-state index < -0.39 is 0 Å². The molecule has 1 aromatic carbocycles. The lowest BCUT2D eigenvalue weighted by Crippen LogP contribution is -2.53. The summed E-state index contributed by atoms with van der Waals surface area (Å²) >= 11 is 0. The quantitative estimate of drug-likeness (QED) is 0.177. The number of hydrogen-bond donors (Lipinski definition) is 2. The van der Waals surface area contributed by atoms with Crippen LogP contribution in [-0.4, -0.2) is 87.9 Å². The first kappa shape index (κ1) is 28.9. The summed E-state index contributed by atoms with van der Waals surface area (Å²) in [6, 6.07) is 6.80. The van der Waals surface area contributed by atoms with Crippen LogP contribution in [0.1, 0.15) is 38.3 Å². The summed E-state index contributed by atoms with van der Waals surface area (Å²) in [7, 11) is 1.72. The van der Waals surface area contributed by atoms with Gasteiger partial charge in [0.15, 0.2) is 5.96 Å². The molecule has 7 nitrogen and oxygen atoms in total. The lowest BCUT2D eigenvalue weighted by Gasteiger charge is -2.37. The maximum Gasteiger partial charge on any atom is 0.191 e.